The van der Waals surface area contributed by atoms with Crippen LogP contribution in [0.5, 0.6) is 0 Å². The number of thiazole rings is 1. The Morgan fingerprint density at radius 1 is 1.22 bits per heavy atom. The largest absolute Gasteiger partial charge is 0.478 e. The first-order chi connectivity index (χ1) is 13.0. The number of benzene rings is 2. The van der Waals surface area contributed by atoms with E-state index in [0.29, 0.717) is 16.1 Å². The fourth-order valence-electron chi connectivity index (χ4n) is 2.47. The summed E-state index contributed by atoms with van der Waals surface area (Å²) in [5, 5.41) is 19.1. The van der Waals surface area contributed by atoms with Gasteiger partial charge in [0.2, 0.25) is 0 Å². The predicted octanol–water partition coefficient (Wildman–Crippen LogP) is 4.68. The highest BCUT2D eigenvalue weighted by Crippen LogP contribution is 2.28. The molecule has 1 heterocycles. The lowest BCUT2D eigenvalue weighted by Crippen LogP contribution is -2.07. The van der Waals surface area contributed by atoms with E-state index in [1.165, 1.54) is 17.4 Å². The Labute approximate surface area is 161 Å². The lowest BCUT2D eigenvalue weighted by atomic mass is 10.1. The van der Waals surface area contributed by atoms with Gasteiger partial charge in [0.15, 0.2) is 0 Å². The van der Waals surface area contributed by atoms with Gasteiger partial charge in [-0.3, -0.25) is 0 Å². The number of hydrogen-bond donors (Lipinski definition) is 1. The summed E-state index contributed by atoms with van der Waals surface area (Å²) < 4.78 is 0.745. The van der Waals surface area contributed by atoms with Gasteiger partial charge in [0.1, 0.15) is 11.1 Å². The number of aromatic nitrogens is 1. The molecule has 0 fully saturated rings. The first-order valence-electron chi connectivity index (χ1n) is 8.18. The van der Waals surface area contributed by atoms with Gasteiger partial charge in [-0.15, -0.1) is 11.3 Å². The van der Waals surface area contributed by atoms with Crippen molar-refractivity contribution in [3.63, 3.8) is 0 Å². The summed E-state index contributed by atoms with van der Waals surface area (Å²) in [6.45, 7) is 0. The Kier molecular flexibility index (Phi) is 5.34. The predicted molar refractivity (Wildman–Crippen MR) is 110 cm³/mol. The molecule has 0 bridgehead atoms. The second-order valence-electron chi connectivity index (χ2n) is 6.04. The summed E-state index contributed by atoms with van der Waals surface area (Å²) in [6.07, 6.45) is 5.46. The van der Waals surface area contributed by atoms with Crippen molar-refractivity contribution in [3.8, 4) is 6.07 Å². The lowest BCUT2D eigenvalue weighted by molar-refractivity contribution is 0.0697. The van der Waals surface area contributed by atoms with Crippen LogP contribution in [0.2, 0.25) is 0 Å². The maximum atomic E-state index is 11.1. The van der Waals surface area contributed by atoms with Crippen LogP contribution in [0, 0.1) is 11.3 Å². The minimum absolute atomic E-state index is 0.209. The summed E-state index contributed by atoms with van der Waals surface area (Å²) in [6, 6.07) is 15.0. The highest BCUT2D eigenvalue weighted by atomic mass is 32.1. The van der Waals surface area contributed by atoms with E-state index in [2.05, 4.69) is 11.1 Å². The number of nitriles is 1. The van der Waals surface area contributed by atoms with Crippen LogP contribution in [-0.4, -0.2) is 30.2 Å². The van der Waals surface area contributed by atoms with E-state index in [-0.39, 0.29) is 5.56 Å². The Balaban J connectivity index is 1.84. The molecule has 0 saturated carbocycles. The van der Waals surface area contributed by atoms with Crippen LogP contribution in [0.1, 0.15) is 20.9 Å². The molecule has 5 nitrogen and oxygen atoms in total. The number of allylic oxidation sites excluding steroid dienone is 3. The van der Waals surface area contributed by atoms with Gasteiger partial charge < -0.3 is 10.0 Å². The molecule has 6 heteroatoms. The second-order valence-corrected chi connectivity index (χ2v) is 7.07. The van der Waals surface area contributed by atoms with Crippen molar-refractivity contribution in [1.29, 1.82) is 5.26 Å². The van der Waals surface area contributed by atoms with Gasteiger partial charge in [0.25, 0.3) is 0 Å². The number of carbonyl (C=O) groups is 1. The molecular formula is C21H17N3O2S. The summed E-state index contributed by atoms with van der Waals surface area (Å²) in [5.41, 5.74) is 3.49. The number of nitrogens with zero attached hydrogens (tertiary/aromatic N) is 3. The molecule has 0 amide bonds. The van der Waals surface area contributed by atoms with Crippen LogP contribution >= 0.6 is 11.3 Å². The number of rotatable bonds is 5. The van der Waals surface area contributed by atoms with Gasteiger partial charge in [-0.2, -0.15) is 5.26 Å². The third-order valence-corrected chi connectivity index (χ3v) is 5.00. The number of carboxylic acids is 1. The maximum absolute atomic E-state index is 11.1. The molecule has 1 aromatic heterocycles. The molecule has 0 atom stereocenters. The maximum Gasteiger partial charge on any atom is 0.335 e. The molecule has 0 aliphatic rings. The van der Waals surface area contributed by atoms with Crippen molar-refractivity contribution in [1.82, 2.24) is 4.98 Å². The molecular weight excluding hydrogens is 358 g/mol. The average Bonchev–Trinajstić information content (AvgIpc) is 3.08. The van der Waals surface area contributed by atoms with Gasteiger partial charge in [-0.05, 0) is 42.0 Å². The molecule has 134 valence electrons. The number of fused-ring (bicyclic) bond motifs is 1. The molecule has 3 aromatic rings. The zero-order chi connectivity index (χ0) is 19.4. The molecule has 1 N–H and O–H groups in total. The van der Waals surface area contributed by atoms with E-state index in [4.69, 9.17) is 5.11 Å². The van der Waals surface area contributed by atoms with Gasteiger partial charge in [-0.25, -0.2) is 9.78 Å². The number of anilines is 1. The molecule has 0 aliphatic carbocycles. The van der Waals surface area contributed by atoms with Gasteiger partial charge in [0, 0.05) is 19.8 Å². The SMILES string of the molecule is CN(C)c1ccc(/C=C/C=C(\C#N)c2nc3ccc(C(=O)O)cc3s2)cc1. The summed E-state index contributed by atoms with van der Waals surface area (Å²) in [7, 11) is 3.98. The van der Waals surface area contributed by atoms with Crippen LogP contribution in [0.3, 0.4) is 0 Å². The summed E-state index contributed by atoms with van der Waals surface area (Å²) >= 11 is 1.31. The molecule has 0 radical (unpaired) electrons. The number of aromatic carboxylic acids is 1. The van der Waals surface area contributed by atoms with E-state index in [0.717, 1.165) is 16.0 Å². The standard InChI is InChI=1S/C21H17N3O2S/c1-24(2)17-9-6-14(7-10-17)4-3-5-16(13-22)20-23-18-11-8-15(21(25)26)12-19(18)27-20/h3-12H,1-2H3,(H,25,26)/b4-3+,16-5+. The minimum Gasteiger partial charge on any atom is -0.478 e. The van der Waals surface area contributed by atoms with Crippen molar-refractivity contribution < 1.29 is 9.90 Å². The highest BCUT2D eigenvalue weighted by molar-refractivity contribution is 7.19. The van der Waals surface area contributed by atoms with Crippen LogP contribution in [0.4, 0.5) is 5.69 Å². The molecule has 3 rings (SSSR count). The third-order valence-electron chi connectivity index (χ3n) is 3.95. The Hall–Kier alpha value is -3.43. The molecule has 0 saturated heterocycles. The molecule has 0 unspecified atom stereocenters. The van der Waals surface area contributed by atoms with E-state index < -0.39 is 5.97 Å². The summed E-state index contributed by atoms with van der Waals surface area (Å²) in [4.78, 5) is 17.6. The monoisotopic (exact) mass is 375 g/mol. The third kappa shape index (κ3) is 4.22. The van der Waals surface area contributed by atoms with Crippen LogP contribution in [-0.2, 0) is 0 Å². The Morgan fingerprint density at radius 2 is 1.96 bits per heavy atom. The fraction of sp³-hybridized carbons (Fsp3) is 0.0952. The van der Waals surface area contributed by atoms with Crippen molar-refractivity contribution in [2.75, 3.05) is 19.0 Å². The van der Waals surface area contributed by atoms with Crippen molar-refractivity contribution in [3.05, 3.63) is 70.8 Å². The normalized spacial score (nSPS) is 11.7. The van der Waals surface area contributed by atoms with Crippen LogP contribution in [0.15, 0.2) is 54.6 Å². The highest BCUT2D eigenvalue weighted by Gasteiger charge is 2.10. The smallest absolute Gasteiger partial charge is 0.335 e. The van der Waals surface area contributed by atoms with Crippen LogP contribution in [0.25, 0.3) is 21.9 Å². The number of hydrogen-bond acceptors (Lipinski definition) is 5. The van der Waals surface area contributed by atoms with Crippen molar-refractivity contribution in [2.24, 2.45) is 0 Å². The topological polar surface area (TPSA) is 77.2 Å². The first-order valence-corrected chi connectivity index (χ1v) is 8.99. The quantitative estimate of drug-likeness (QED) is 0.517. The van der Waals surface area contributed by atoms with Crippen LogP contribution < -0.4 is 4.90 Å². The number of carboxylic acid groups (broad SMARTS) is 1. The first kappa shape index (κ1) is 18.4. The molecule has 0 aliphatic heterocycles. The Bertz CT molecular complexity index is 1090. The van der Waals surface area contributed by atoms with Gasteiger partial charge in [0.05, 0.1) is 21.4 Å². The Morgan fingerprint density at radius 3 is 2.59 bits per heavy atom. The molecule has 2 aromatic carbocycles. The summed E-state index contributed by atoms with van der Waals surface area (Å²) in [5.74, 6) is -0.980. The van der Waals surface area contributed by atoms with E-state index in [1.54, 1.807) is 18.2 Å². The van der Waals surface area contributed by atoms with Crippen molar-refractivity contribution >= 4 is 44.9 Å². The zero-order valence-corrected chi connectivity index (χ0v) is 15.7. The minimum atomic E-state index is -0.980. The van der Waals surface area contributed by atoms with Gasteiger partial charge in [-0.1, -0.05) is 24.3 Å². The van der Waals surface area contributed by atoms with E-state index >= 15 is 0 Å². The van der Waals surface area contributed by atoms with E-state index in [1.807, 2.05) is 55.4 Å². The van der Waals surface area contributed by atoms with Gasteiger partial charge >= 0.3 is 5.97 Å². The zero-order valence-electron chi connectivity index (χ0n) is 14.9. The average molecular weight is 375 g/mol. The molecule has 0 spiro atoms. The van der Waals surface area contributed by atoms with E-state index in [9.17, 15) is 10.1 Å². The lowest BCUT2D eigenvalue weighted by Gasteiger charge is -2.11. The van der Waals surface area contributed by atoms with Crippen molar-refractivity contribution in [2.45, 2.75) is 0 Å². The fourth-order valence-corrected chi connectivity index (χ4v) is 3.45. The second kappa shape index (κ2) is 7.85. The molecule has 27 heavy (non-hydrogen) atoms.